The first-order valence-corrected chi connectivity index (χ1v) is 10.5. The number of carbonyl (C=O) groups excluding carboxylic acids is 1. The average molecular weight is 482 g/mol. The number of rotatable bonds is 7. The molecule has 0 radical (unpaired) electrons. The molecule has 0 saturated carbocycles. The van der Waals surface area contributed by atoms with E-state index in [4.69, 9.17) is 21.1 Å². The van der Waals surface area contributed by atoms with Gasteiger partial charge in [0.2, 0.25) is 5.91 Å². The van der Waals surface area contributed by atoms with E-state index in [1.165, 1.54) is 32.7 Å². The first kappa shape index (κ1) is 23.0. The van der Waals surface area contributed by atoms with E-state index in [2.05, 4.69) is 15.3 Å². The minimum Gasteiger partial charge on any atom is -0.497 e. The number of carbonyl (C=O) groups is 1. The number of halogens is 1. The van der Waals surface area contributed by atoms with E-state index in [9.17, 15) is 14.4 Å². The van der Waals surface area contributed by atoms with Crippen LogP contribution in [0.4, 0.5) is 5.69 Å². The Hall–Kier alpha value is -4.18. The van der Waals surface area contributed by atoms with Crippen molar-refractivity contribution in [2.24, 2.45) is 0 Å². The molecule has 0 atom stereocenters. The summed E-state index contributed by atoms with van der Waals surface area (Å²) in [5.74, 6) is 0.535. The van der Waals surface area contributed by atoms with Gasteiger partial charge >= 0.3 is 5.69 Å². The van der Waals surface area contributed by atoms with Crippen molar-refractivity contribution >= 4 is 34.4 Å². The van der Waals surface area contributed by atoms with E-state index in [0.717, 1.165) is 9.13 Å². The van der Waals surface area contributed by atoms with E-state index in [1.807, 2.05) is 0 Å². The summed E-state index contributed by atoms with van der Waals surface area (Å²) in [6.45, 7) is -0.423. The van der Waals surface area contributed by atoms with Gasteiger partial charge in [0.15, 0.2) is 11.2 Å². The normalized spacial score (nSPS) is 10.8. The fourth-order valence-electron chi connectivity index (χ4n) is 3.45. The van der Waals surface area contributed by atoms with E-state index in [1.54, 1.807) is 36.4 Å². The number of nitrogens with zero attached hydrogens (tertiary/aromatic N) is 4. The number of hydrogen-bond acceptors (Lipinski definition) is 7. The summed E-state index contributed by atoms with van der Waals surface area (Å²) >= 11 is 6.12. The van der Waals surface area contributed by atoms with E-state index < -0.39 is 23.7 Å². The van der Waals surface area contributed by atoms with Crippen molar-refractivity contribution in [2.45, 2.75) is 13.1 Å². The van der Waals surface area contributed by atoms with Crippen LogP contribution in [0.3, 0.4) is 0 Å². The summed E-state index contributed by atoms with van der Waals surface area (Å²) in [6, 6.07) is 11.8. The van der Waals surface area contributed by atoms with Gasteiger partial charge in [-0.15, -0.1) is 0 Å². The Bertz CT molecular complexity index is 1500. The second-order valence-corrected chi connectivity index (χ2v) is 7.64. The van der Waals surface area contributed by atoms with Crippen LogP contribution in [0.1, 0.15) is 5.56 Å². The predicted molar refractivity (Wildman–Crippen MR) is 127 cm³/mol. The maximum absolute atomic E-state index is 13.3. The van der Waals surface area contributed by atoms with Gasteiger partial charge in [0, 0.05) is 18.1 Å². The summed E-state index contributed by atoms with van der Waals surface area (Å²) in [6.07, 6.45) is 2.71. The van der Waals surface area contributed by atoms with Crippen molar-refractivity contribution in [1.29, 1.82) is 0 Å². The first-order chi connectivity index (χ1) is 16.4. The maximum Gasteiger partial charge on any atom is 0.333 e. The molecule has 2 aromatic heterocycles. The second-order valence-electron chi connectivity index (χ2n) is 7.24. The van der Waals surface area contributed by atoms with Crippen LogP contribution in [0.2, 0.25) is 5.02 Å². The second kappa shape index (κ2) is 9.75. The van der Waals surface area contributed by atoms with Crippen LogP contribution in [-0.2, 0) is 17.9 Å². The highest BCUT2D eigenvalue weighted by Gasteiger charge is 2.18. The zero-order valence-electron chi connectivity index (χ0n) is 18.3. The topological polar surface area (TPSA) is 117 Å². The maximum atomic E-state index is 13.3. The molecule has 2 heterocycles. The molecule has 1 N–H and O–H groups in total. The zero-order valence-corrected chi connectivity index (χ0v) is 19.1. The van der Waals surface area contributed by atoms with Crippen LogP contribution < -0.4 is 26.0 Å². The number of nitrogens with one attached hydrogen (secondary N) is 1. The SMILES string of the molecule is COc1cccc(Cn2c(=O)c3nccnc3n(CC(=O)Nc3ccc(OC)c(Cl)c3)c2=O)c1. The van der Waals surface area contributed by atoms with Crippen molar-refractivity contribution in [1.82, 2.24) is 19.1 Å². The third kappa shape index (κ3) is 4.62. The quantitative estimate of drug-likeness (QED) is 0.430. The van der Waals surface area contributed by atoms with Gasteiger partial charge in [0.25, 0.3) is 5.56 Å². The van der Waals surface area contributed by atoms with Gasteiger partial charge in [-0.1, -0.05) is 23.7 Å². The van der Waals surface area contributed by atoms with Gasteiger partial charge in [0.1, 0.15) is 18.0 Å². The highest BCUT2D eigenvalue weighted by molar-refractivity contribution is 6.32. The number of amides is 1. The van der Waals surface area contributed by atoms with E-state index in [0.29, 0.717) is 27.8 Å². The zero-order chi connectivity index (χ0) is 24.2. The number of aromatic nitrogens is 4. The molecule has 0 aliphatic heterocycles. The highest BCUT2D eigenvalue weighted by Crippen LogP contribution is 2.27. The fraction of sp³-hybridized carbons (Fsp3) is 0.174. The van der Waals surface area contributed by atoms with Crippen LogP contribution in [-0.4, -0.2) is 39.2 Å². The van der Waals surface area contributed by atoms with Crippen LogP contribution >= 0.6 is 11.6 Å². The predicted octanol–water partition coefficient (Wildman–Crippen LogP) is 2.31. The molecule has 174 valence electrons. The van der Waals surface area contributed by atoms with Crippen LogP contribution in [0, 0.1) is 0 Å². The molecule has 0 aliphatic rings. The van der Waals surface area contributed by atoms with Crippen LogP contribution in [0.5, 0.6) is 11.5 Å². The molecule has 10 nitrogen and oxygen atoms in total. The Labute approximate surface area is 198 Å². The molecule has 1 amide bonds. The Kier molecular flexibility index (Phi) is 6.60. The largest absolute Gasteiger partial charge is 0.497 e. The molecule has 0 fully saturated rings. The molecular weight excluding hydrogens is 462 g/mol. The molecule has 2 aromatic carbocycles. The number of anilines is 1. The standard InChI is InChI=1S/C23H20ClN5O5/c1-33-16-5-3-4-14(10-16)12-29-22(31)20-21(26-9-8-25-20)28(23(29)32)13-19(30)27-15-6-7-18(34-2)17(24)11-15/h3-11H,12-13H2,1-2H3,(H,27,30). The molecule has 0 bridgehead atoms. The van der Waals surface area contributed by atoms with Gasteiger partial charge < -0.3 is 14.8 Å². The molecular formula is C23H20ClN5O5. The first-order valence-electron chi connectivity index (χ1n) is 10.1. The lowest BCUT2D eigenvalue weighted by atomic mass is 10.2. The molecule has 0 saturated heterocycles. The Morgan fingerprint density at radius 1 is 1.03 bits per heavy atom. The Morgan fingerprint density at radius 2 is 1.82 bits per heavy atom. The van der Waals surface area contributed by atoms with E-state index >= 15 is 0 Å². The molecule has 4 rings (SSSR count). The number of ether oxygens (including phenoxy) is 2. The van der Waals surface area contributed by atoms with E-state index in [-0.39, 0.29) is 17.7 Å². The van der Waals surface area contributed by atoms with Crippen molar-refractivity contribution < 1.29 is 14.3 Å². The minimum atomic E-state index is -0.691. The summed E-state index contributed by atoms with van der Waals surface area (Å²) in [4.78, 5) is 47.3. The van der Waals surface area contributed by atoms with Gasteiger partial charge in [-0.25, -0.2) is 14.8 Å². The number of methoxy groups -OCH3 is 2. The van der Waals surface area contributed by atoms with Crippen molar-refractivity contribution in [3.63, 3.8) is 0 Å². The van der Waals surface area contributed by atoms with Gasteiger partial charge in [-0.05, 0) is 35.9 Å². The van der Waals surface area contributed by atoms with Crippen molar-refractivity contribution in [3.8, 4) is 11.5 Å². The smallest absolute Gasteiger partial charge is 0.333 e. The molecule has 0 spiro atoms. The Balaban J connectivity index is 1.71. The van der Waals surface area contributed by atoms with Crippen LogP contribution in [0.15, 0.2) is 64.4 Å². The van der Waals surface area contributed by atoms with Gasteiger partial charge in [0.05, 0.1) is 25.8 Å². The molecule has 11 heteroatoms. The van der Waals surface area contributed by atoms with Crippen molar-refractivity contribution in [2.75, 3.05) is 19.5 Å². The number of hydrogen-bond donors (Lipinski definition) is 1. The lowest BCUT2D eigenvalue weighted by molar-refractivity contribution is -0.116. The monoisotopic (exact) mass is 481 g/mol. The highest BCUT2D eigenvalue weighted by atomic mass is 35.5. The van der Waals surface area contributed by atoms with Gasteiger partial charge in [-0.2, -0.15) is 0 Å². The number of fused-ring (bicyclic) bond motifs is 1. The van der Waals surface area contributed by atoms with Crippen molar-refractivity contribution in [3.05, 3.63) is 86.3 Å². The third-order valence-corrected chi connectivity index (χ3v) is 5.35. The minimum absolute atomic E-state index is 0.0160. The lowest BCUT2D eigenvalue weighted by Gasteiger charge is -2.14. The summed E-state index contributed by atoms with van der Waals surface area (Å²) in [5.41, 5.74) is -0.208. The fourth-order valence-corrected chi connectivity index (χ4v) is 3.71. The Morgan fingerprint density at radius 3 is 2.56 bits per heavy atom. The molecule has 0 unspecified atom stereocenters. The average Bonchev–Trinajstić information content (AvgIpc) is 2.84. The van der Waals surface area contributed by atoms with Crippen LogP contribution in [0.25, 0.3) is 11.2 Å². The summed E-state index contributed by atoms with van der Waals surface area (Å²) < 4.78 is 12.5. The molecule has 34 heavy (non-hydrogen) atoms. The molecule has 0 aliphatic carbocycles. The summed E-state index contributed by atoms with van der Waals surface area (Å²) in [5, 5.41) is 3.00. The summed E-state index contributed by atoms with van der Waals surface area (Å²) in [7, 11) is 3.01. The molecule has 4 aromatic rings. The third-order valence-electron chi connectivity index (χ3n) is 5.06. The lowest BCUT2D eigenvalue weighted by Crippen LogP contribution is -2.42. The van der Waals surface area contributed by atoms with Gasteiger partial charge in [-0.3, -0.25) is 18.7 Å². The number of benzene rings is 2.